The molecule has 1 aromatic carbocycles. The first kappa shape index (κ1) is 13.8. The van der Waals surface area contributed by atoms with Crippen LogP contribution in [0.3, 0.4) is 0 Å². The number of rotatable bonds is 5. The number of hydrogen-bond acceptors (Lipinski definition) is 4. The van der Waals surface area contributed by atoms with E-state index in [-0.39, 0.29) is 17.4 Å². The fourth-order valence-corrected chi connectivity index (χ4v) is 2.10. The van der Waals surface area contributed by atoms with Crippen LogP contribution in [0.5, 0.6) is 11.5 Å². The van der Waals surface area contributed by atoms with Crippen LogP contribution in [0.25, 0.3) is 0 Å². The van der Waals surface area contributed by atoms with Crippen LogP contribution in [-0.2, 0) is 5.60 Å². The first-order valence-electron chi connectivity index (χ1n) is 5.85. The molecule has 1 aromatic rings. The minimum absolute atomic E-state index is 0.00134. The summed E-state index contributed by atoms with van der Waals surface area (Å²) in [6, 6.07) is 4.47. The zero-order valence-corrected chi connectivity index (χ0v) is 10.6. The number of benzene rings is 1. The Kier molecular flexibility index (Phi) is 4.37. The molecule has 4 N–H and O–H groups in total. The van der Waals surface area contributed by atoms with E-state index in [1.807, 2.05) is 20.9 Å². The SMILES string of the molecule is CCC(O)(c1ccc(O)c(O)c1)C(C)CNC. The molecular weight excluding hydrogens is 218 g/mol. The predicted molar refractivity (Wildman–Crippen MR) is 67.1 cm³/mol. The van der Waals surface area contributed by atoms with E-state index in [9.17, 15) is 15.3 Å². The van der Waals surface area contributed by atoms with Crippen LogP contribution in [0.15, 0.2) is 18.2 Å². The molecule has 0 amide bonds. The molecule has 4 nitrogen and oxygen atoms in total. The summed E-state index contributed by atoms with van der Waals surface area (Å²) in [5, 5.41) is 32.5. The summed E-state index contributed by atoms with van der Waals surface area (Å²) in [6.07, 6.45) is 0.542. The Hall–Kier alpha value is -1.26. The fraction of sp³-hybridized carbons (Fsp3) is 0.538. The molecule has 4 heteroatoms. The smallest absolute Gasteiger partial charge is 0.157 e. The van der Waals surface area contributed by atoms with E-state index in [2.05, 4.69) is 5.32 Å². The second-order valence-electron chi connectivity index (χ2n) is 4.44. The quantitative estimate of drug-likeness (QED) is 0.588. The molecular formula is C13H21NO3. The molecule has 0 aliphatic heterocycles. The molecule has 2 unspecified atom stereocenters. The van der Waals surface area contributed by atoms with Crippen molar-refractivity contribution in [1.29, 1.82) is 0 Å². The molecule has 0 saturated heterocycles. The summed E-state index contributed by atoms with van der Waals surface area (Å²) < 4.78 is 0. The van der Waals surface area contributed by atoms with Gasteiger partial charge in [0.1, 0.15) is 0 Å². The van der Waals surface area contributed by atoms with Gasteiger partial charge >= 0.3 is 0 Å². The molecule has 0 bridgehead atoms. The summed E-state index contributed by atoms with van der Waals surface area (Å²) >= 11 is 0. The van der Waals surface area contributed by atoms with Crippen molar-refractivity contribution in [2.24, 2.45) is 5.92 Å². The molecule has 0 saturated carbocycles. The molecule has 96 valence electrons. The van der Waals surface area contributed by atoms with Crippen molar-refractivity contribution >= 4 is 0 Å². The summed E-state index contributed by atoms with van der Waals surface area (Å²) in [5.41, 5.74) is -0.383. The first-order valence-corrected chi connectivity index (χ1v) is 5.85. The van der Waals surface area contributed by atoms with Crippen molar-refractivity contribution in [2.45, 2.75) is 25.9 Å². The van der Waals surface area contributed by atoms with Crippen LogP contribution in [0.2, 0.25) is 0 Å². The maximum absolute atomic E-state index is 10.7. The Labute approximate surface area is 102 Å². The number of phenolic OH excluding ortho intramolecular Hbond substituents is 2. The zero-order valence-electron chi connectivity index (χ0n) is 10.6. The van der Waals surface area contributed by atoms with E-state index < -0.39 is 5.60 Å². The third kappa shape index (κ3) is 2.70. The normalized spacial score (nSPS) is 16.5. The highest BCUT2D eigenvalue weighted by Gasteiger charge is 2.33. The van der Waals surface area contributed by atoms with Gasteiger partial charge in [0.15, 0.2) is 11.5 Å². The minimum Gasteiger partial charge on any atom is -0.504 e. The van der Waals surface area contributed by atoms with Gasteiger partial charge in [0.05, 0.1) is 5.60 Å². The number of phenols is 2. The lowest BCUT2D eigenvalue weighted by molar-refractivity contribution is -0.0201. The molecule has 2 atom stereocenters. The van der Waals surface area contributed by atoms with Crippen molar-refractivity contribution in [1.82, 2.24) is 5.32 Å². The number of aliphatic hydroxyl groups is 1. The zero-order chi connectivity index (χ0) is 13.1. The fourth-order valence-electron chi connectivity index (χ4n) is 2.10. The summed E-state index contributed by atoms with van der Waals surface area (Å²) in [7, 11) is 1.83. The topological polar surface area (TPSA) is 72.7 Å². The van der Waals surface area contributed by atoms with E-state index in [0.29, 0.717) is 18.5 Å². The second kappa shape index (κ2) is 5.38. The monoisotopic (exact) mass is 239 g/mol. The third-order valence-electron chi connectivity index (χ3n) is 3.34. The van der Waals surface area contributed by atoms with Gasteiger partial charge in [-0.2, -0.15) is 0 Å². The maximum Gasteiger partial charge on any atom is 0.157 e. The minimum atomic E-state index is -1.01. The lowest BCUT2D eigenvalue weighted by Gasteiger charge is -2.34. The van der Waals surface area contributed by atoms with Gasteiger partial charge in [0.2, 0.25) is 0 Å². The Morgan fingerprint density at radius 2 is 1.94 bits per heavy atom. The van der Waals surface area contributed by atoms with Crippen LogP contribution in [0.1, 0.15) is 25.8 Å². The maximum atomic E-state index is 10.7. The summed E-state index contributed by atoms with van der Waals surface area (Å²) in [5.74, 6) is -0.374. The predicted octanol–water partition coefficient (Wildman–Crippen LogP) is 1.55. The molecule has 0 aliphatic rings. The summed E-state index contributed by atoms with van der Waals surface area (Å²) in [6.45, 7) is 4.52. The molecule has 0 fully saturated rings. The average molecular weight is 239 g/mol. The van der Waals surface area contributed by atoms with Crippen LogP contribution in [-0.4, -0.2) is 28.9 Å². The lowest BCUT2D eigenvalue weighted by Crippen LogP contribution is -2.38. The van der Waals surface area contributed by atoms with Crippen molar-refractivity contribution in [2.75, 3.05) is 13.6 Å². The highest BCUT2D eigenvalue weighted by atomic mass is 16.3. The molecule has 1 rings (SSSR count). The largest absolute Gasteiger partial charge is 0.504 e. The van der Waals surface area contributed by atoms with Crippen LogP contribution >= 0.6 is 0 Å². The van der Waals surface area contributed by atoms with Gasteiger partial charge in [-0.15, -0.1) is 0 Å². The van der Waals surface area contributed by atoms with Crippen molar-refractivity contribution < 1.29 is 15.3 Å². The van der Waals surface area contributed by atoms with Gasteiger partial charge in [-0.3, -0.25) is 0 Å². The van der Waals surface area contributed by atoms with E-state index in [1.54, 1.807) is 6.07 Å². The van der Waals surface area contributed by atoms with E-state index in [1.165, 1.54) is 12.1 Å². The average Bonchev–Trinajstić information content (AvgIpc) is 2.32. The van der Waals surface area contributed by atoms with Crippen LogP contribution in [0, 0.1) is 5.92 Å². The van der Waals surface area contributed by atoms with E-state index in [4.69, 9.17) is 0 Å². The van der Waals surface area contributed by atoms with Gasteiger partial charge in [0.25, 0.3) is 0 Å². The number of aromatic hydroxyl groups is 2. The molecule has 17 heavy (non-hydrogen) atoms. The Bertz CT molecular complexity index is 381. The van der Waals surface area contributed by atoms with Crippen molar-refractivity contribution in [3.63, 3.8) is 0 Å². The molecule has 0 aromatic heterocycles. The Morgan fingerprint density at radius 1 is 1.29 bits per heavy atom. The Morgan fingerprint density at radius 3 is 2.41 bits per heavy atom. The number of nitrogens with one attached hydrogen (secondary N) is 1. The lowest BCUT2D eigenvalue weighted by atomic mass is 9.80. The van der Waals surface area contributed by atoms with E-state index in [0.717, 1.165) is 0 Å². The molecule has 0 radical (unpaired) electrons. The molecule has 0 heterocycles. The van der Waals surface area contributed by atoms with Crippen LogP contribution < -0.4 is 5.32 Å². The van der Waals surface area contributed by atoms with Crippen molar-refractivity contribution in [3.05, 3.63) is 23.8 Å². The van der Waals surface area contributed by atoms with Gasteiger partial charge in [0, 0.05) is 12.5 Å². The molecule has 0 spiro atoms. The number of hydrogen-bond donors (Lipinski definition) is 4. The third-order valence-corrected chi connectivity index (χ3v) is 3.34. The van der Waals surface area contributed by atoms with Crippen LogP contribution in [0.4, 0.5) is 0 Å². The van der Waals surface area contributed by atoms with Crippen molar-refractivity contribution in [3.8, 4) is 11.5 Å². The van der Waals surface area contributed by atoms with E-state index >= 15 is 0 Å². The molecule has 0 aliphatic carbocycles. The van der Waals surface area contributed by atoms with Gasteiger partial charge in [-0.1, -0.05) is 19.9 Å². The van der Waals surface area contributed by atoms with Gasteiger partial charge in [-0.25, -0.2) is 0 Å². The Balaban J connectivity index is 3.11. The van der Waals surface area contributed by atoms with Gasteiger partial charge < -0.3 is 20.6 Å². The summed E-state index contributed by atoms with van der Waals surface area (Å²) in [4.78, 5) is 0. The highest BCUT2D eigenvalue weighted by Crippen LogP contribution is 2.36. The standard InChI is InChI=1S/C13H21NO3/c1-4-13(17,9(2)8-14-3)10-5-6-11(15)12(16)7-10/h5-7,9,14-17H,4,8H2,1-3H3. The second-order valence-corrected chi connectivity index (χ2v) is 4.44. The highest BCUT2D eigenvalue weighted by molar-refractivity contribution is 5.42. The first-order chi connectivity index (χ1) is 7.95. The van der Waals surface area contributed by atoms with Gasteiger partial charge in [-0.05, 0) is 31.2 Å².